The van der Waals surface area contributed by atoms with Gasteiger partial charge in [-0.1, -0.05) is 6.92 Å². The molecule has 0 unspecified atom stereocenters. The van der Waals surface area contributed by atoms with Gasteiger partial charge in [-0.25, -0.2) is 0 Å². The van der Waals surface area contributed by atoms with Crippen LogP contribution in [0.4, 0.5) is 0 Å². The fourth-order valence-electron chi connectivity index (χ4n) is 1.58. The van der Waals surface area contributed by atoms with E-state index in [9.17, 15) is 10.1 Å². The van der Waals surface area contributed by atoms with Gasteiger partial charge in [-0.05, 0) is 82.3 Å². The monoisotopic (exact) mass is 510 g/mol. The number of ether oxygens (including phenoxy) is 1. The van der Waals surface area contributed by atoms with Crippen molar-refractivity contribution in [1.29, 1.82) is 5.26 Å². The first-order chi connectivity index (χ1) is 9.92. The zero-order valence-electron chi connectivity index (χ0n) is 12.0. The van der Waals surface area contributed by atoms with Gasteiger partial charge in [0.05, 0.1) is 14.3 Å². The maximum absolute atomic E-state index is 12.0. The lowest BCUT2D eigenvalue weighted by molar-refractivity contribution is -0.117. The first-order valence-electron chi connectivity index (χ1n) is 6.38. The number of carbonyl (C=O) groups excluding carboxylic acids is 1. The number of hydrogen-bond acceptors (Lipinski definition) is 3. The second-order valence-corrected chi connectivity index (χ2v) is 6.79. The van der Waals surface area contributed by atoms with Crippen LogP contribution in [0.25, 0.3) is 6.08 Å². The van der Waals surface area contributed by atoms with Gasteiger partial charge in [0, 0.05) is 6.04 Å². The van der Waals surface area contributed by atoms with Crippen molar-refractivity contribution in [3.63, 3.8) is 0 Å². The Kier molecular flexibility index (Phi) is 7.45. The van der Waals surface area contributed by atoms with E-state index in [1.54, 1.807) is 13.2 Å². The Hall–Kier alpha value is -0.820. The highest BCUT2D eigenvalue weighted by atomic mass is 127. The summed E-state index contributed by atoms with van der Waals surface area (Å²) >= 11 is 4.34. The highest BCUT2D eigenvalue weighted by Gasteiger charge is 2.13. The van der Waals surface area contributed by atoms with E-state index in [1.807, 2.05) is 32.0 Å². The molecule has 4 nitrogen and oxygen atoms in total. The number of nitrogens with zero attached hydrogens (tertiary/aromatic N) is 1. The van der Waals surface area contributed by atoms with Gasteiger partial charge in [0.15, 0.2) is 0 Å². The summed E-state index contributed by atoms with van der Waals surface area (Å²) in [5, 5.41) is 12.0. The minimum absolute atomic E-state index is 0.0467. The van der Waals surface area contributed by atoms with Crippen LogP contribution in [0.1, 0.15) is 25.8 Å². The minimum Gasteiger partial charge on any atom is -0.495 e. The number of methoxy groups -OCH3 is 1. The van der Waals surface area contributed by atoms with E-state index in [4.69, 9.17) is 4.74 Å². The summed E-state index contributed by atoms with van der Waals surface area (Å²) < 4.78 is 7.17. The van der Waals surface area contributed by atoms with Crippen molar-refractivity contribution in [3.8, 4) is 11.8 Å². The topological polar surface area (TPSA) is 62.1 Å². The Morgan fingerprint density at radius 2 is 2.05 bits per heavy atom. The molecule has 0 radical (unpaired) electrons. The molecular formula is C15H16I2N2O2. The van der Waals surface area contributed by atoms with E-state index in [1.165, 1.54) is 0 Å². The van der Waals surface area contributed by atoms with Gasteiger partial charge in [-0.2, -0.15) is 5.26 Å². The largest absolute Gasteiger partial charge is 0.495 e. The van der Waals surface area contributed by atoms with E-state index in [0.29, 0.717) is 0 Å². The molecule has 1 aromatic rings. The van der Waals surface area contributed by atoms with Gasteiger partial charge in [0.2, 0.25) is 0 Å². The van der Waals surface area contributed by atoms with Gasteiger partial charge >= 0.3 is 0 Å². The van der Waals surface area contributed by atoms with Crippen LogP contribution in [0.3, 0.4) is 0 Å². The van der Waals surface area contributed by atoms with E-state index < -0.39 is 0 Å². The maximum atomic E-state index is 12.0. The predicted octanol–water partition coefficient (Wildman–Crippen LogP) is 3.73. The average molecular weight is 510 g/mol. The summed E-state index contributed by atoms with van der Waals surface area (Å²) in [6.07, 6.45) is 2.42. The minimum atomic E-state index is -0.340. The normalized spacial score (nSPS) is 12.5. The van der Waals surface area contributed by atoms with Crippen LogP contribution >= 0.6 is 45.2 Å². The molecule has 112 valence electrons. The van der Waals surface area contributed by atoms with Gasteiger partial charge in [0.25, 0.3) is 5.91 Å². The fraction of sp³-hybridized carbons (Fsp3) is 0.333. The number of rotatable bonds is 5. The lowest BCUT2D eigenvalue weighted by atomic mass is 10.1. The zero-order chi connectivity index (χ0) is 16.0. The van der Waals surface area contributed by atoms with E-state index in [0.717, 1.165) is 24.9 Å². The van der Waals surface area contributed by atoms with Crippen LogP contribution in [0.15, 0.2) is 17.7 Å². The first kappa shape index (κ1) is 18.2. The Morgan fingerprint density at radius 3 is 2.48 bits per heavy atom. The van der Waals surface area contributed by atoms with E-state index in [2.05, 4.69) is 50.5 Å². The molecule has 1 rings (SSSR count). The summed E-state index contributed by atoms with van der Waals surface area (Å²) in [7, 11) is 1.62. The summed E-state index contributed by atoms with van der Waals surface area (Å²) in [5.74, 6) is 0.462. The second-order valence-electron chi connectivity index (χ2n) is 4.47. The number of carbonyl (C=O) groups is 1. The molecule has 0 aliphatic carbocycles. The molecule has 0 aliphatic heterocycles. The number of amides is 1. The molecule has 1 atom stereocenters. The predicted molar refractivity (Wildman–Crippen MR) is 99.9 cm³/mol. The lowest BCUT2D eigenvalue weighted by Gasteiger charge is -2.11. The number of benzene rings is 1. The first-order valence-corrected chi connectivity index (χ1v) is 8.54. The van der Waals surface area contributed by atoms with Crippen LogP contribution in [0.5, 0.6) is 5.75 Å². The number of hydrogen-bond donors (Lipinski definition) is 1. The SMILES string of the molecule is CC[C@H](C)NC(=O)/C(C#N)=C/c1cc(I)c(OC)c(I)c1. The van der Waals surface area contributed by atoms with E-state index in [-0.39, 0.29) is 17.5 Å². The van der Waals surface area contributed by atoms with Crippen molar-refractivity contribution in [1.82, 2.24) is 5.32 Å². The third-order valence-electron chi connectivity index (χ3n) is 2.89. The second kappa shape index (κ2) is 8.58. The molecule has 6 heteroatoms. The molecular weight excluding hydrogens is 494 g/mol. The maximum Gasteiger partial charge on any atom is 0.262 e. The van der Waals surface area contributed by atoms with Crippen LogP contribution in [-0.4, -0.2) is 19.1 Å². The summed E-state index contributed by atoms with van der Waals surface area (Å²) in [6.45, 7) is 3.89. The van der Waals surface area contributed by atoms with Gasteiger partial charge in [0.1, 0.15) is 17.4 Å². The molecule has 0 fully saturated rings. The lowest BCUT2D eigenvalue weighted by Crippen LogP contribution is -2.32. The number of nitrogens with one attached hydrogen (secondary N) is 1. The summed E-state index contributed by atoms with van der Waals surface area (Å²) in [6, 6.07) is 5.78. The highest BCUT2D eigenvalue weighted by molar-refractivity contribution is 14.1. The van der Waals surface area contributed by atoms with Crippen molar-refractivity contribution in [3.05, 3.63) is 30.4 Å². The average Bonchev–Trinajstić information content (AvgIpc) is 2.44. The van der Waals surface area contributed by atoms with Crippen molar-refractivity contribution in [2.75, 3.05) is 7.11 Å². The Balaban J connectivity index is 3.10. The smallest absolute Gasteiger partial charge is 0.262 e. The Morgan fingerprint density at radius 1 is 1.48 bits per heavy atom. The third kappa shape index (κ3) is 5.14. The fourth-order valence-corrected chi connectivity index (χ4v) is 3.83. The molecule has 0 spiro atoms. The standard InChI is InChI=1S/C15H16I2N2O2/c1-4-9(2)19-15(20)11(8-18)5-10-6-12(16)14(21-3)13(17)7-10/h5-7,9H,4H2,1-3H3,(H,19,20)/b11-5+/t9-/m0/s1. The highest BCUT2D eigenvalue weighted by Crippen LogP contribution is 2.29. The summed E-state index contributed by atoms with van der Waals surface area (Å²) in [5.41, 5.74) is 0.910. The zero-order valence-corrected chi connectivity index (χ0v) is 16.4. The molecule has 21 heavy (non-hydrogen) atoms. The van der Waals surface area contributed by atoms with E-state index >= 15 is 0 Å². The Bertz CT molecular complexity index is 583. The van der Waals surface area contributed by atoms with Crippen LogP contribution in [-0.2, 0) is 4.79 Å². The summed E-state index contributed by atoms with van der Waals surface area (Å²) in [4.78, 5) is 12.0. The number of halogens is 2. The van der Waals surface area contributed by atoms with Crippen molar-refractivity contribution < 1.29 is 9.53 Å². The van der Waals surface area contributed by atoms with Gasteiger partial charge < -0.3 is 10.1 Å². The van der Waals surface area contributed by atoms with Crippen molar-refractivity contribution in [2.45, 2.75) is 26.3 Å². The van der Waals surface area contributed by atoms with Crippen LogP contribution < -0.4 is 10.1 Å². The molecule has 1 amide bonds. The molecule has 0 bridgehead atoms. The van der Waals surface area contributed by atoms with Crippen molar-refractivity contribution >= 4 is 57.2 Å². The van der Waals surface area contributed by atoms with Gasteiger partial charge in [-0.3, -0.25) is 4.79 Å². The molecule has 0 heterocycles. The van der Waals surface area contributed by atoms with Crippen molar-refractivity contribution in [2.24, 2.45) is 0 Å². The third-order valence-corrected chi connectivity index (χ3v) is 4.49. The molecule has 1 aromatic carbocycles. The number of nitriles is 1. The molecule has 0 aliphatic rings. The Labute approximate surface area is 152 Å². The molecule has 0 saturated heterocycles. The van der Waals surface area contributed by atoms with Gasteiger partial charge in [-0.15, -0.1) is 0 Å². The van der Waals surface area contributed by atoms with Crippen LogP contribution in [0.2, 0.25) is 0 Å². The quantitative estimate of drug-likeness (QED) is 0.374. The molecule has 1 N–H and O–H groups in total. The molecule has 0 aromatic heterocycles. The molecule has 0 saturated carbocycles. The van der Waals surface area contributed by atoms with Crippen LogP contribution in [0, 0.1) is 18.5 Å².